The van der Waals surface area contributed by atoms with Crippen molar-refractivity contribution in [2.45, 2.75) is 6.04 Å². The highest BCUT2D eigenvalue weighted by Gasteiger charge is 2.13. The highest BCUT2D eigenvalue weighted by Crippen LogP contribution is 2.24. The van der Waals surface area contributed by atoms with Crippen LogP contribution in [0.1, 0.15) is 17.3 Å². The van der Waals surface area contributed by atoms with Crippen molar-refractivity contribution in [1.29, 1.82) is 0 Å². The Balaban J connectivity index is 2.15. The summed E-state index contributed by atoms with van der Waals surface area (Å²) >= 11 is 0. The van der Waals surface area contributed by atoms with Gasteiger partial charge in [0.15, 0.2) is 0 Å². The minimum atomic E-state index is -0.286. The van der Waals surface area contributed by atoms with Crippen LogP contribution in [-0.2, 0) is 0 Å². The predicted octanol–water partition coefficient (Wildman–Crippen LogP) is 2.07. The summed E-state index contributed by atoms with van der Waals surface area (Å²) in [5, 5.41) is 1.08. The molecule has 1 atom stereocenters. The SMILES string of the molecule is NC(c1ccncn1)c1cccc2cccnc12. The van der Waals surface area contributed by atoms with Gasteiger partial charge in [0, 0.05) is 23.3 Å². The quantitative estimate of drug-likeness (QED) is 0.739. The molecule has 0 amide bonds. The lowest BCUT2D eigenvalue weighted by Crippen LogP contribution is -2.14. The number of para-hydroxylation sites is 1. The molecule has 0 fully saturated rings. The number of aromatic nitrogens is 3. The van der Waals surface area contributed by atoms with Crippen molar-refractivity contribution in [2.24, 2.45) is 5.73 Å². The zero-order valence-electron chi connectivity index (χ0n) is 9.69. The van der Waals surface area contributed by atoms with Gasteiger partial charge in [-0.3, -0.25) is 4.98 Å². The second-order valence-electron chi connectivity index (χ2n) is 4.03. The van der Waals surface area contributed by atoms with Crippen LogP contribution >= 0.6 is 0 Å². The van der Waals surface area contributed by atoms with E-state index in [0.29, 0.717) is 0 Å². The van der Waals surface area contributed by atoms with E-state index in [2.05, 4.69) is 15.0 Å². The van der Waals surface area contributed by atoms with Crippen molar-refractivity contribution in [3.63, 3.8) is 0 Å². The average molecular weight is 236 g/mol. The van der Waals surface area contributed by atoms with E-state index in [1.165, 1.54) is 6.33 Å². The summed E-state index contributed by atoms with van der Waals surface area (Å²) in [6.45, 7) is 0. The highest BCUT2D eigenvalue weighted by molar-refractivity contribution is 5.82. The molecule has 2 N–H and O–H groups in total. The molecule has 3 aromatic rings. The molecule has 1 aromatic carbocycles. The maximum atomic E-state index is 6.25. The predicted molar refractivity (Wildman–Crippen MR) is 69.8 cm³/mol. The van der Waals surface area contributed by atoms with E-state index in [1.807, 2.05) is 36.4 Å². The summed E-state index contributed by atoms with van der Waals surface area (Å²) in [4.78, 5) is 12.5. The van der Waals surface area contributed by atoms with E-state index in [4.69, 9.17) is 5.73 Å². The molecule has 0 spiro atoms. The van der Waals surface area contributed by atoms with Crippen LogP contribution in [0.2, 0.25) is 0 Å². The van der Waals surface area contributed by atoms with Gasteiger partial charge in [-0.1, -0.05) is 24.3 Å². The van der Waals surface area contributed by atoms with Crippen LogP contribution in [0.25, 0.3) is 10.9 Å². The van der Waals surface area contributed by atoms with Crippen LogP contribution < -0.4 is 5.73 Å². The van der Waals surface area contributed by atoms with E-state index in [0.717, 1.165) is 22.2 Å². The Kier molecular flexibility index (Phi) is 2.70. The molecule has 2 heterocycles. The number of fused-ring (bicyclic) bond motifs is 1. The molecule has 0 radical (unpaired) electrons. The molecule has 0 saturated heterocycles. The number of hydrogen-bond donors (Lipinski definition) is 1. The van der Waals surface area contributed by atoms with Crippen molar-refractivity contribution in [3.05, 3.63) is 66.4 Å². The first-order chi connectivity index (χ1) is 8.86. The maximum absolute atomic E-state index is 6.25. The van der Waals surface area contributed by atoms with Crippen LogP contribution in [0.3, 0.4) is 0 Å². The number of nitrogens with two attached hydrogens (primary N) is 1. The third-order valence-electron chi connectivity index (χ3n) is 2.92. The normalized spacial score (nSPS) is 12.5. The van der Waals surface area contributed by atoms with E-state index in [-0.39, 0.29) is 6.04 Å². The second kappa shape index (κ2) is 4.50. The Hall–Kier alpha value is -2.33. The number of nitrogens with zero attached hydrogens (tertiary/aromatic N) is 3. The third-order valence-corrected chi connectivity index (χ3v) is 2.92. The lowest BCUT2D eigenvalue weighted by molar-refractivity contribution is 0.824. The Morgan fingerprint density at radius 3 is 2.67 bits per heavy atom. The summed E-state index contributed by atoms with van der Waals surface area (Å²) in [7, 11) is 0. The first kappa shape index (κ1) is 10.8. The van der Waals surface area contributed by atoms with E-state index < -0.39 is 0 Å². The molecule has 4 heteroatoms. The molecule has 18 heavy (non-hydrogen) atoms. The van der Waals surface area contributed by atoms with Gasteiger partial charge in [0.2, 0.25) is 0 Å². The van der Waals surface area contributed by atoms with Crippen LogP contribution in [0, 0.1) is 0 Å². The molecule has 0 bridgehead atoms. The average Bonchev–Trinajstić information content (AvgIpc) is 2.47. The first-order valence-electron chi connectivity index (χ1n) is 5.71. The summed E-state index contributed by atoms with van der Waals surface area (Å²) < 4.78 is 0. The molecule has 3 rings (SSSR count). The molecule has 2 aromatic heterocycles. The molecular formula is C14H12N4. The lowest BCUT2D eigenvalue weighted by Gasteiger charge is -2.13. The van der Waals surface area contributed by atoms with Gasteiger partial charge in [-0.2, -0.15) is 0 Å². The van der Waals surface area contributed by atoms with E-state index in [9.17, 15) is 0 Å². The zero-order valence-corrected chi connectivity index (χ0v) is 9.69. The molecule has 0 saturated carbocycles. The van der Waals surface area contributed by atoms with Gasteiger partial charge in [-0.25, -0.2) is 9.97 Å². The van der Waals surface area contributed by atoms with Gasteiger partial charge in [-0.15, -0.1) is 0 Å². The first-order valence-corrected chi connectivity index (χ1v) is 5.71. The molecular weight excluding hydrogens is 224 g/mol. The molecule has 1 unspecified atom stereocenters. The van der Waals surface area contributed by atoms with Crippen LogP contribution in [0.5, 0.6) is 0 Å². The smallest absolute Gasteiger partial charge is 0.115 e. The number of benzene rings is 1. The lowest BCUT2D eigenvalue weighted by atomic mass is 10.0. The van der Waals surface area contributed by atoms with Crippen molar-refractivity contribution >= 4 is 10.9 Å². The van der Waals surface area contributed by atoms with Gasteiger partial charge in [-0.05, 0) is 12.1 Å². The molecule has 0 aliphatic carbocycles. The highest BCUT2D eigenvalue weighted by atomic mass is 14.9. The van der Waals surface area contributed by atoms with Crippen molar-refractivity contribution in [3.8, 4) is 0 Å². The standard InChI is InChI=1S/C14H12N4/c15-13(12-6-8-16-9-18-12)11-5-1-3-10-4-2-7-17-14(10)11/h1-9,13H,15H2. The Labute approximate surface area is 105 Å². The monoisotopic (exact) mass is 236 g/mol. The van der Waals surface area contributed by atoms with Crippen LogP contribution in [0.4, 0.5) is 0 Å². The summed E-state index contributed by atoms with van der Waals surface area (Å²) in [6.07, 6.45) is 4.98. The number of rotatable bonds is 2. The minimum Gasteiger partial charge on any atom is -0.319 e. The maximum Gasteiger partial charge on any atom is 0.115 e. The molecule has 88 valence electrons. The Bertz CT molecular complexity index is 661. The fourth-order valence-electron chi connectivity index (χ4n) is 2.02. The van der Waals surface area contributed by atoms with Crippen LogP contribution in [-0.4, -0.2) is 15.0 Å². The fraction of sp³-hybridized carbons (Fsp3) is 0.0714. The van der Waals surface area contributed by atoms with E-state index >= 15 is 0 Å². The Morgan fingerprint density at radius 2 is 1.83 bits per heavy atom. The summed E-state index contributed by atoms with van der Waals surface area (Å²) in [5.41, 5.74) is 8.95. The molecule has 0 aliphatic rings. The van der Waals surface area contributed by atoms with Crippen molar-refractivity contribution in [1.82, 2.24) is 15.0 Å². The van der Waals surface area contributed by atoms with Gasteiger partial charge in [0.1, 0.15) is 6.33 Å². The van der Waals surface area contributed by atoms with Gasteiger partial charge in [0.05, 0.1) is 17.3 Å². The number of pyridine rings is 1. The molecule has 4 nitrogen and oxygen atoms in total. The Morgan fingerprint density at radius 1 is 0.944 bits per heavy atom. The zero-order chi connectivity index (χ0) is 12.4. The minimum absolute atomic E-state index is 0.286. The summed E-state index contributed by atoms with van der Waals surface area (Å²) in [5.74, 6) is 0. The second-order valence-corrected chi connectivity index (χ2v) is 4.03. The van der Waals surface area contributed by atoms with Crippen LogP contribution in [0.15, 0.2) is 55.1 Å². The topological polar surface area (TPSA) is 64.7 Å². The van der Waals surface area contributed by atoms with E-state index in [1.54, 1.807) is 12.4 Å². The molecule has 0 aliphatic heterocycles. The van der Waals surface area contributed by atoms with Crippen molar-refractivity contribution < 1.29 is 0 Å². The van der Waals surface area contributed by atoms with Gasteiger partial charge < -0.3 is 5.73 Å². The van der Waals surface area contributed by atoms with Gasteiger partial charge >= 0.3 is 0 Å². The third kappa shape index (κ3) is 1.83. The van der Waals surface area contributed by atoms with Crippen molar-refractivity contribution in [2.75, 3.05) is 0 Å². The number of hydrogen-bond acceptors (Lipinski definition) is 4. The largest absolute Gasteiger partial charge is 0.319 e. The summed E-state index contributed by atoms with van der Waals surface area (Å²) in [6, 6.07) is 11.5. The van der Waals surface area contributed by atoms with Gasteiger partial charge in [0.25, 0.3) is 0 Å². The fourth-order valence-corrected chi connectivity index (χ4v) is 2.02.